The number of amides is 1. The molecule has 6 nitrogen and oxygen atoms in total. The van der Waals surface area contributed by atoms with Crippen LogP contribution in [0.25, 0.3) is 5.69 Å². The van der Waals surface area contributed by atoms with E-state index >= 15 is 0 Å². The normalized spacial score (nSPS) is 10.9. The Morgan fingerprint density at radius 1 is 1.00 bits per heavy atom. The minimum absolute atomic E-state index is 0.0336. The predicted octanol–water partition coefficient (Wildman–Crippen LogP) is 5.66. The van der Waals surface area contributed by atoms with E-state index in [0.717, 1.165) is 27.7 Å². The molecule has 8 heteroatoms. The molecule has 1 N–H and O–H groups in total. The molecule has 0 saturated heterocycles. The van der Waals surface area contributed by atoms with Crippen LogP contribution in [0.5, 0.6) is 0 Å². The fourth-order valence-corrected chi connectivity index (χ4v) is 4.76. The van der Waals surface area contributed by atoms with Crippen LogP contribution in [0.1, 0.15) is 28.1 Å². The fraction of sp³-hybridized carbons (Fsp3) is 0.222. The summed E-state index contributed by atoms with van der Waals surface area (Å²) in [5.41, 5.74) is 5.41. The summed E-state index contributed by atoms with van der Waals surface area (Å²) in [4.78, 5) is 12.4. The molecule has 0 atom stereocenters. The lowest BCUT2D eigenvalue weighted by molar-refractivity contribution is -0.126. The Balaban J connectivity index is 1.47. The van der Waals surface area contributed by atoms with Gasteiger partial charge in [-0.05, 0) is 48.2 Å². The largest absolute Gasteiger partial charge is 0.367 e. The maximum atomic E-state index is 12.4. The van der Waals surface area contributed by atoms with Crippen molar-refractivity contribution in [2.45, 2.75) is 37.9 Å². The SMILES string of the molecule is Cc1ccccc1CSc1nnc(CNC(=O)COCc2ccccc2)n1-c1cc(Cl)ccc1C. The molecule has 1 amide bonds. The molecule has 0 saturated carbocycles. The average Bonchev–Trinajstić information content (AvgIpc) is 3.27. The first-order chi connectivity index (χ1) is 17.0. The van der Waals surface area contributed by atoms with Crippen molar-refractivity contribution in [3.8, 4) is 5.69 Å². The first-order valence-corrected chi connectivity index (χ1v) is 12.6. The summed E-state index contributed by atoms with van der Waals surface area (Å²) >= 11 is 7.92. The number of carbonyl (C=O) groups excluding carboxylic acids is 1. The zero-order valence-electron chi connectivity index (χ0n) is 19.7. The molecule has 1 aromatic heterocycles. The molecule has 0 bridgehead atoms. The first-order valence-electron chi connectivity index (χ1n) is 11.3. The van der Waals surface area contributed by atoms with Gasteiger partial charge in [0.15, 0.2) is 11.0 Å². The van der Waals surface area contributed by atoms with E-state index in [0.29, 0.717) is 17.5 Å². The summed E-state index contributed by atoms with van der Waals surface area (Å²) in [5.74, 6) is 1.16. The molecule has 4 aromatic rings. The van der Waals surface area contributed by atoms with Crippen molar-refractivity contribution in [3.63, 3.8) is 0 Å². The molecular weight excluding hydrogens is 480 g/mol. The second-order valence-electron chi connectivity index (χ2n) is 8.14. The zero-order valence-corrected chi connectivity index (χ0v) is 21.3. The molecule has 1 heterocycles. The van der Waals surface area contributed by atoms with Crippen LogP contribution in [0, 0.1) is 13.8 Å². The number of thioether (sulfide) groups is 1. The molecule has 0 aliphatic heterocycles. The molecular formula is C27H27ClN4O2S. The molecule has 0 unspecified atom stereocenters. The second kappa shape index (κ2) is 12.0. The Morgan fingerprint density at radius 2 is 1.77 bits per heavy atom. The van der Waals surface area contributed by atoms with Crippen LogP contribution in [0.4, 0.5) is 0 Å². The van der Waals surface area contributed by atoms with Gasteiger partial charge in [-0.3, -0.25) is 9.36 Å². The van der Waals surface area contributed by atoms with Crippen molar-refractivity contribution in [3.05, 3.63) is 106 Å². The standard InChI is InChI=1S/C27H27ClN4O2S/c1-19-8-6-7-11-22(19)18-35-27-31-30-25(32(27)24-14-23(28)13-12-20(24)2)15-29-26(33)17-34-16-21-9-4-3-5-10-21/h3-14H,15-18H2,1-2H3,(H,29,33). The molecule has 180 valence electrons. The predicted molar refractivity (Wildman–Crippen MR) is 140 cm³/mol. The van der Waals surface area contributed by atoms with E-state index < -0.39 is 0 Å². The van der Waals surface area contributed by atoms with E-state index in [1.54, 1.807) is 11.8 Å². The van der Waals surface area contributed by atoms with Crippen molar-refractivity contribution < 1.29 is 9.53 Å². The average molecular weight is 507 g/mol. The lowest BCUT2D eigenvalue weighted by Gasteiger charge is -2.14. The summed E-state index contributed by atoms with van der Waals surface area (Å²) < 4.78 is 7.51. The van der Waals surface area contributed by atoms with E-state index in [-0.39, 0.29) is 19.1 Å². The van der Waals surface area contributed by atoms with Crippen molar-refractivity contribution in [1.29, 1.82) is 0 Å². The maximum absolute atomic E-state index is 12.4. The summed E-state index contributed by atoms with van der Waals surface area (Å²) in [6.07, 6.45) is 0. The van der Waals surface area contributed by atoms with Crippen LogP contribution in [0.2, 0.25) is 5.02 Å². The van der Waals surface area contributed by atoms with Gasteiger partial charge in [0.25, 0.3) is 0 Å². The van der Waals surface area contributed by atoms with E-state index in [1.165, 1.54) is 11.1 Å². The Labute approximate surface area is 214 Å². The number of ether oxygens (including phenoxy) is 1. The van der Waals surface area contributed by atoms with Crippen LogP contribution in [0.15, 0.2) is 78.0 Å². The van der Waals surface area contributed by atoms with Gasteiger partial charge < -0.3 is 10.1 Å². The third kappa shape index (κ3) is 6.72. The van der Waals surface area contributed by atoms with Crippen LogP contribution in [-0.4, -0.2) is 27.3 Å². The van der Waals surface area contributed by atoms with Crippen molar-refractivity contribution in [2.75, 3.05) is 6.61 Å². The summed E-state index contributed by atoms with van der Waals surface area (Å²) in [7, 11) is 0. The van der Waals surface area contributed by atoms with Gasteiger partial charge in [-0.25, -0.2) is 0 Å². The van der Waals surface area contributed by atoms with Crippen molar-refractivity contribution in [2.24, 2.45) is 0 Å². The highest BCUT2D eigenvalue weighted by Gasteiger charge is 2.18. The van der Waals surface area contributed by atoms with Gasteiger partial charge in [0.2, 0.25) is 5.91 Å². The van der Waals surface area contributed by atoms with Gasteiger partial charge in [-0.15, -0.1) is 10.2 Å². The van der Waals surface area contributed by atoms with Gasteiger partial charge in [0, 0.05) is 10.8 Å². The number of aryl methyl sites for hydroxylation is 2. The van der Waals surface area contributed by atoms with Crippen LogP contribution in [0.3, 0.4) is 0 Å². The topological polar surface area (TPSA) is 69.0 Å². The minimum atomic E-state index is -0.215. The van der Waals surface area contributed by atoms with E-state index in [1.807, 2.05) is 72.2 Å². The first kappa shape index (κ1) is 25.0. The van der Waals surface area contributed by atoms with Gasteiger partial charge in [-0.1, -0.05) is 84.0 Å². The second-order valence-corrected chi connectivity index (χ2v) is 9.51. The van der Waals surface area contributed by atoms with Crippen molar-refractivity contribution >= 4 is 29.3 Å². The van der Waals surface area contributed by atoms with E-state index in [4.69, 9.17) is 16.3 Å². The molecule has 0 radical (unpaired) electrons. The number of nitrogens with one attached hydrogen (secondary N) is 1. The highest BCUT2D eigenvalue weighted by molar-refractivity contribution is 7.98. The van der Waals surface area contributed by atoms with Crippen LogP contribution in [-0.2, 0) is 28.4 Å². The number of hydrogen-bond acceptors (Lipinski definition) is 5. The number of hydrogen-bond donors (Lipinski definition) is 1. The maximum Gasteiger partial charge on any atom is 0.246 e. The van der Waals surface area contributed by atoms with Crippen molar-refractivity contribution in [1.82, 2.24) is 20.1 Å². The minimum Gasteiger partial charge on any atom is -0.367 e. The third-order valence-corrected chi connectivity index (χ3v) is 6.73. The van der Waals surface area contributed by atoms with Gasteiger partial charge in [0.05, 0.1) is 18.8 Å². The molecule has 3 aromatic carbocycles. The lowest BCUT2D eigenvalue weighted by atomic mass is 10.1. The fourth-order valence-electron chi connectivity index (χ4n) is 3.55. The highest BCUT2D eigenvalue weighted by Crippen LogP contribution is 2.29. The highest BCUT2D eigenvalue weighted by atomic mass is 35.5. The summed E-state index contributed by atoms with van der Waals surface area (Å²) in [6, 6.07) is 23.8. The Bertz CT molecular complexity index is 1290. The zero-order chi connectivity index (χ0) is 24.6. The van der Waals surface area contributed by atoms with Gasteiger partial charge in [0.1, 0.15) is 6.61 Å². The number of benzene rings is 3. The van der Waals surface area contributed by atoms with Gasteiger partial charge in [-0.2, -0.15) is 0 Å². The van der Waals surface area contributed by atoms with E-state index in [2.05, 4.69) is 34.6 Å². The molecule has 35 heavy (non-hydrogen) atoms. The number of nitrogens with zero attached hydrogens (tertiary/aromatic N) is 3. The van der Waals surface area contributed by atoms with E-state index in [9.17, 15) is 4.79 Å². The molecule has 0 spiro atoms. The lowest BCUT2D eigenvalue weighted by Crippen LogP contribution is -2.28. The van der Waals surface area contributed by atoms with Gasteiger partial charge >= 0.3 is 0 Å². The Morgan fingerprint density at radius 3 is 2.57 bits per heavy atom. The monoisotopic (exact) mass is 506 g/mol. The summed E-state index contributed by atoms with van der Waals surface area (Å²) in [6.45, 7) is 4.68. The molecule has 0 fully saturated rings. The smallest absolute Gasteiger partial charge is 0.246 e. The molecule has 0 aliphatic carbocycles. The Kier molecular flexibility index (Phi) is 8.58. The number of halogens is 1. The van der Waals surface area contributed by atoms with Crippen LogP contribution >= 0.6 is 23.4 Å². The number of rotatable bonds is 10. The van der Waals surface area contributed by atoms with Crippen LogP contribution < -0.4 is 5.32 Å². The number of carbonyl (C=O) groups is 1. The molecule has 0 aliphatic rings. The Hall–Kier alpha value is -3.13. The number of aromatic nitrogens is 3. The molecule has 4 rings (SSSR count). The quantitative estimate of drug-likeness (QED) is 0.281. The third-order valence-electron chi connectivity index (χ3n) is 5.52. The summed E-state index contributed by atoms with van der Waals surface area (Å²) in [5, 5.41) is 13.1.